The molecule has 2 N–H and O–H groups in total. The van der Waals surface area contributed by atoms with Crippen LogP contribution >= 0.6 is 0 Å². The van der Waals surface area contributed by atoms with Crippen LogP contribution in [0.5, 0.6) is 0 Å². The quantitative estimate of drug-likeness (QED) is 0.580. The number of hydrazone groups is 1. The molecule has 0 aromatic rings. The predicted molar refractivity (Wildman–Crippen MR) is 47.0 cm³/mol. The number of carbonyl (C=O) groups is 2. The van der Waals surface area contributed by atoms with Crippen LogP contribution in [0, 0.1) is 0 Å². The SMILES string of the molecule is CN(C)C(=O)C1=NN(C(N)=O)CC1. The summed E-state index contributed by atoms with van der Waals surface area (Å²) < 4.78 is 0. The van der Waals surface area contributed by atoms with Crippen LogP contribution in [0.15, 0.2) is 5.10 Å². The largest absolute Gasteiger partial charge is 0.350 e. The van der Waals surface area contributed by atoms with E-state index in [-0.39, 0.29) is 5.91 Å². The van der Waals surface area contributed by atoms with Gasteiger partial charge in [0.05, 0.1) is 6.54 Å². The third-order valence-corrected chi connectivity index (χ3v) is 1.71. The Morgan fingerprint density at radius 2 is 2.15 bits per heavy atom. The average Bonchev–Trinajstić information content (AvgIpc) is 2.50. The van der Waals surface area contributed by atoms with Gasteiger partial charge in [0.25, 0.3) is 5.91 Å². The van der Waals surface area contributed by atoms with E-state index >= 15 is 0 Å². The highest BCUT2D eigenvalue weighted by Crippen LogP contribution is 2.06. The number of primary amides is 1. The Morgan fingerprint density at radius 3 is 2.54 bits per heavy atom. The van der Waals surface area contributed by atoms with E-state index in [4.69, 9.17) is 5.73 Å². The van der Waals surface area contributed by atoms with Gasteiger partial charge in [0.2, 0.25) is 0 Å². The van der Waals surface area contributed by atoms with Crippen molar-refractivity contribution < 1.29 is 9.59 Å². The number of urea groups is 1. The van der Waals surface area contributed by atoms with Crippen LogP contribution in [-0.4, -0.2) is 48.2 Å². The summed E-state index contributed by atoms with van der Waals surface area (Å²) >= 11 is 0. The number of hydrogen-bond donors (Lipinski definition) is 1. The third-order valence-electron chi connectivity index (χ3n) is 1.71. The van der Waals surface area contributed by atoms with E-state index in [0.29, 0.717) is 18.7 Å². The predicted octanol–water partition coefficient (Wildman–Crippen LogP) is -0.785. The lowest BCUT2D eigenvalue weighted by atomic mass is 10.2. The van der Waals surface area contributed by atoms with Crippen LogP contribution in [0.4, 0.5) is 4.79 Å². The van der Waals surface area contributed by atoms with Gasteiger partial charge in [0, 0.05) is 20.5 Å². The van der Waals surface area contributed by atoms with Gasteiger partial charge in [-0.3, -0.25) is 4.79 Å². The highest BCUT2D eigenvalue weighted by molar-refractivity contribution is 6.39. The first-order valence-electron chi connectivity index (χ1n) is 3.88. The van der Waals surface area contributed by atoms with E-state index in [1.165, 1.54) is 4.90 Å². The Bertz CT molecular complexity index is 272. The van der Waals surface area contributed by atoms with Crippen molar-refractivity contribution in [3.63, 3.8) is 0 Å². The van der Waals surface area contributed by atoms with Gasteiger partial charge in [-0.1, -0.05) is 0 Å². The van der Waals surface area contributed by atoms with Gasteiger partial charge in [-0.05, 0) is 0 Å². The Kier molecular flexibility index (Phi) is 2.50. The monoisotopic (exact) mass is 184 g/mol. The molecule has 1 heterocycles. The summed E-state index contributed by atoms with van der Waals surface area (Å²) in [5.41, 5.74) is 5.37. The molecular formula is C7H12N4O2. The second kappa shape index (κ2) is 3.42. The topological polar surface area (TPSA) is 79.0 Å². The smallest absolute Gasteiger partial charge is 0.335 e. The van der Waals surface area contributed by atoms with Gasteiger partial charge in [0.15, 0.2) is 0 Å². The minimum absolute atomic E-state index is 0.177. The lowest BCUT2D eigenvalue weighted by Gasteiger charge is -2.08. The molecular weight excluding hydrogens is 172 g/mol. The number of nitrogens with two attached hydrogens (primary N) is 1. The van der Waals surface area contributed by atoms with Crippen LogP contribution in [0.1, 0.15) is 6.42 Å². The molecule has 0 aromatic carbocycles. The minimum Gasteiger partial charge on any atom is -0.350 e. The van der Waals surface area contributed by atoms with Crippen LogP contribution < -0.4 is 5.73 Å². The van der Waals surface area contributed by atoms with Gasteiger partial charge >= 0.3 is 6.03 Å². The van der Waals surface area contributed by atoms with Crippen molar-refractivity contribution in [2.75, 3.05) is 20.6 Å². The summed E-state index contributed by atoms with van der Waals surface area (Å²) in [7, 11) is 3.27. The maximum Gasteiger partial charge on any atom is 0.335 e. The molecule has 1 aliphatic rings. The summed E-state index contributed by atoms with van der Waals surface area (Å²) in [4.78, 5) is 23.4. The highest BCUT2D eigenvalue weighted by Gasteiger charge is 2.24. The van der Waals surface area contributed by atoms with Crippen molar-refractivity contribution in [1.29, 1.82) is 0 Å². The number of rotatable bonds is 1. The Hall–Kier alpha value is -1.59. The summed E-state index contributed by atoms with van der Waals surface area (Å²) in [6.45, 7) is 0.393. The Balaban J connectivity index is 2.69. The van der Waals surface area contributed by atoms with Crippen molar-refractivity contribution in [3.05, 3.63) is 0 Å². The molecule has 3 amide bonds. The fourth-order valence-electron chi connectivity index (χ4n) is 1.02. The van der Waals surface area contributed by atoms with Crippen molar-refractivity contribution in [2.45, 2.75) is 6.42 Å². The molecule has 0 atom stereocenters. The summed E-state index contributed by atoms with van der Waals surface area (Å²) in [5.74, 6) is -0.177. The molecule has 6 heteroatoms. The van der Waals surface area contributed by atoms with E-state index in [1.807, 2.05) is 0 Å². The number of hydrogen-bond acceptors (Lipinski definition) is 3. The first kappa shape index (κ1) is 9.50. The lowest BCUT2D eigenvalue weighted by Crippen LogP contribution is -2.29. The molecule has 0 aromatic heterocycles. The van der Waals surface area contributed by atoms with E-state index in [0.717, 1.165) is 5.01 Å². The molecule has 0 spiro atoms. The zero-order chi connectivity index (χ0) is 10.0. The van der Waals surface area contributed by atoms with Crippen LogP contribution in [0.3, 0.4) is 0 Å². The lowest BCUT2D eigenvalue weighted by molar-refractivity contribution is -0.121. The maximum absolute atomic E-state index is 11.3. The number of carbonyl (C=O) groups excluding carboxylic acids is 2. The maximum atomic E-state index is 11.3. The fraction of sp³-hybridized carbons (Fsp3) is 0.571. The Morgan fingerprint density at radius 1 is 1.54 bits per heavy atom. The van der Waals surface area contributed by atoms with Crippen molar-refractivity contribution in [3.8, 4) is 0 Å². The summed E-state index contributed by atoms with van der Waals surface area (Å²) in [6.07, 6.45) is 0.472. The molecule has 72 valence electrons. The van der Waals surface area contributed by atoms with Gasteiger partial charge in [0.1, 0.15) is 5.71 Å². The standard InChI is InChI=1S/C7H12N4O2/c1-10(2)6(12)5-3-4-11(9-5)7(8)13/h3-4H2,1-2H3,(H2,8,13). The van der Waals surface area contributed by atoms with Crippen molar-refractivity contribution in [1.82, 2.24) is 9.91 Å². The second-order valence-corrected chi connectivity index (χ2v) is 2.96. The third kappa shape index (κ3) is 1.95. The first-order valence-corrected chi connectivity index (χ1v) is 3.88. The molecule has 6 nitrogen and oxygen atoms in total. The molecule has 0 aliphatic carbocycles. The van der Waals surface area contributed by atoms with Gasteiger partial charge in [-0.2, -0.15) is 5.10 Å². The Labute approximate surface area is 76.0 Å². The van der Waals surface area contributed by atoms with E-state index in [9.17, 15) is 9.59 Å². The molecule has 0 radical (unpaired) electrons. The van der Waals surface area contributed by atoms with Gasteiger partial charge in [-0.25, -0.2) is 9.80 Å². The zero-order valence-electron chi connectivity index (χ0n) is 7.65. The normalized spacial score (nSPS) is 15.5. The van der Waals surface area contributed by atoms with Gasteiger partial charge in [-0.15, -0.1) is 0 Å². The van der Waals surface area contributed by atoms with Crippen LogP contribution in [0.25, 0.3) is 0 Å². The van der Waals surface area contributed by atoms with E-state index in [1.54, 1.807) is 14.1 Å². The summed E-state index contributed by atoms with van der Waals surface area (Å²) in [5, 5.41) is 4.89. The minimum atomic E-state index is -0.624. The number of nitrogens with zero attached hydrogens (tertiary/aromatic N) is 3. The molecule has 1 rings (SSSR count). The molecule has 0 fully saturated rings. The summed E-state index contributed by atoms with van der Waals surface area (Å²) in [6, 6.07) is -0.624. The molecule has 0 saturated carbocycles. The second-order valence-electron chi connectivity index (χ2n) is 2.96. The molecule has 0 unspecified atom stereocenters. The van der Waals surface area contributed by atoms with Crippen molar-refractivity contribution in [2.24, 2.45) is 10.8 Å². The molecule has 0 bridgehead atoms. The molecule has 1 aliphatic heterocycles. The van der Waals surface area contributed by atoms with E-state index in [2.05, 4.69) is 5.10 Å². The van der Waals surface area contributed by atoms with E-state index < -0.39 is 6.03 Å². The van der Waals surface area contributed by atoms with Crippen LogP contribution in [-0.2, 0) is 4.79 Å². The van der Waals surface area contributed by atoms with Crippen molar-refractivity contribution >= 4 is 17.6 Å². The first-order chi connectivity index (χ1) is 6.02. The highest BCUT2D eigenvalue weighted by atomic mass is 16.2. The molecule has 0 saturated heterocycles. The number of amides is 3. The average molecular weight is 184 g/mol. The zero-order valence-corrected chi connectivity index (χ0v) is 7.65. The van der Waals surface area contributed by atoms with Crippen LogP contribution in [0.2, 0.25) is 0 Å². The fourth-order valence-corrected chi connectivity index (χ4v) is 1.02. The van der Waals surface area contributed by atoms with Gasteiger partial charge < -0.3 is 10.6 Å². The molecule has 13 heavy (non-hydrogen) atoms.